The van der Waals surface area contributed by atoms with Crippen LogP contribution in [0, 0.1) is 12.8 Å². The molecule has 0 aliphatic rings. The summed E-state index contributed by atoms with van der Waals surface area (Å²) in [6.07, 6.45) is 2.04. The van der Waals surface area contributed by atoms with E-state index >= 15 is 0 Å². The zero-order valence-electron chi connectivity index (χ0n) is 13.8. The van der Waals surface area contributed by atoms with Crippen molar-refractivity contribution in [2.75, 3.05) is 0 Å². The Morgan fingerprint density at radius 1 is 1.33 bits per heavy atom. The van der Waals surface area contributed by atoms with Crippen LogP contribution in [0.2, 0.25) is 5.02 Å². The van der Waals surface area contributed by atoms with Crippen LogP contribution in [0.5, 0.6) is 0 Å². The molecule has 1 unspecified atom stereocenters. The number of aromatic nitrogens is 2. The van der Waals surface area contributed by atoms with Crippen LogP contribution in [0.15, 0.2) is 30.5 Å². The van der Waals surface area contributed by atoms with E-state index in [-0.39, 0.29) is 11.6 Å². The van der Waals surface area contributed by atoms with Gasteiger partial charge in [-0.1, -0.05) is 37.6 Å². The Labute approximate surface area is 145 Å². The smallest absolute Gasteiger partial charge is 0.326 e. The highest BCUT2D eigenvalue weighted by molar-refractivity contribution is 6.32. The van der Waals surface area contributed by atoms with Gasteiger partial charge in [-0.05, 0) is 31.4 Å². The van der Waals surface area contributed by atoms with Crippen molar-refractivity contribution in [2.24, 2.45) is 5.92 Å². The van der Waals surface area contributed by atoms with Crippen molar-refractivity contribution in [1.29, 1.82) is 0 Å². The van der Waals surface area contributed by atoms with E-state index in [0.717, 1.165) is 0 Å². The van der Waals surface area contributed by atoms with Crippen molar-refractivity contribution >= 4 is 23.5 Å². The molecule has 6 nitrogen and oxygen atoms in total. The van der Waals surface area contributed by atoms with Crippen LogP contribution in [0.3, 0.4) is 0 Å². The molecule has 2 rings (SSSR count). The van der Waals surface area contributed by atoms with Crippen molar-refractivity contribution < 1.29 is 14.7 Å². The van der Waals surface area contributed by atoms with Crippen molar-refractivity contribution in [3.8, 4) is 5.69 Å². The molecule has 128 valence electrons. The van der Waals surface area contributed by atoms with E-state index in [4.69, 9.17) is 11.6 Å². The lowest BCUT2D eigenvalue weighted by Crippen LogP contribution is -2.42. The second-order valence-corrected chi connectivity index (χ2v) is 6.46. The molecule has 2 N–H and O–H groups in total. The molecule has 1 atom stereocenters. The molecule has 0 aliphatic carbocycles. The quantitative estimate of drug-likeness (QED) is 0.839. The van der Waals surface area contributed by atoms with Gasteiger partial charge in [-0.2, -0.15) is 5.10 Å². The number of halogens is 1. The number of hydrogen-bond acceptors (Lipinski definition) is 3. The number of nitrogens with one attached hydrogen (secondary N) is 1. The number of nitrogens with zero attached hydrogens (tertiary/aromatic N) is 2. The molecule has 0 aliphatic heterocycles. The molecule has 0 saturated carbocycles. The molecule has 0 saturated heterocycles. The largest absolute Gasteiger partial charge is 0.480 e. The maximum Gasteiger partial charge on any atom is 0.326 e. The molecule has 1 heterocycles. The monoisotopic (exact) mass is 349 g/mol. The summed E-state index contributed by atoms with van der Waals surface area (Å²) in [6.45, 7) is 5.55. The van der Waals surface area contributed by atoms with Gasteiger partial charge in [0.1, 0.15) is 6.04 Å². The minimum Gasteiger partial charge on any atom is -0.480 e. The average Bonchev–Trinajstić information content (AvgIpc) is 2.88. The summed E-state index contributed by atoms with van der Waals surface area (Å²) < 4.78 is 1.52. The lowest BCUT2D eigenvalue weighted by atomic mass is 10.0. The van der Waals surface area contributed by atoms with Gasteiger partial charge in [0.05, 0.1) is 10.7 Å². The van der Waals surface area contributed by atoms with Gasteiger partial charge >= 0.3 is 5.97 Å². The second kappa shape index (κ2) is 7.49. The van der Waals surface area contributed by atoms with Crippen molar-refractivity contribution in [1.82, 2.24) is 15.1 Å². The highest BCUT2D eigenvalue weighted by Crippen LogP contribution is 2.20. The van der Waals surface area contributed by atoms with Gasteiger partial charge in [0.15, 0.2) is 5.69 Å². The summed E-state index contributed by atoms with van der Waals surface area (Å²) in [4.78, 5) is 23.7. The number of benzene rings is 1. The van der Waals surface area contributed by atoms with Crippen LogP contribution in [0.25, 0.3) is 5.69 Å². The third kappa shape index (κ3) is 4.14. The molecule has 1 aromatic heterocycles. The fraction of sp³-hybridized carbons (Fsp3) is 0.353. The van der Waals surface area contributed by atoms with E-state index in [1.165, 1.54) is 4.68 Å². The summed E-state index contributed by atoms with van der Waals surface area (Å²) >= 11 is 6.14. The van der Waals surface area contributed by atoms with Crippen molar-refractivity contribution in [2.45, 2.75) is 33.2 Å². The number of amides is 1. The van der Waals surface area contributed by atoms with Crippen LogP contribution in [-0.2, 0) is 4.79 Å². The molecule has 1 aromatic carbocycles. The topological polar surface area (TPSA) is 84.2 Å². The van der Waals surface area contributed by atoms with E-state index in [1.807, 2.05) is 19.9 Å². The summed E-state index contributed by atoms with van der Waals surface area (Å²) in [5.74, 6) is -1.42. The predicted molar refractivity (Wildman–Crippen MR) is 91.7 cm³/mol. The predicted octanol–water partition coefficient (Wildman–Crippen LogP) is 3.06. The fourth-order valence-electron chi connectivity index (χ4n) is 2.36. The number of carbonyl (C=O) groups is 2. The number of para-hydroxylation sites is 1. The first kappa shape index (κ1) is 18.0. The van der Waals surface area contributed by atoms with Crippen molar-refractivity contribution in [3.05, 3.63) is 46.7 Å². The van der Waals surface area contributed by atoms with Gasteiger partial charge in [-0.3, -0.25) is 4.79 Å². The standard InChI is InChI=1S/C17H20ClN3O3/c1-10(2)8-13(17(23)24)19-16(22)15-11(3)9-21(20-15)14-7-5-4-6-12(14)18/h4-7,9-10,13H,8H2,1-3H3,(H,19,22)(H,23,24). The van der Waals surface area contributed by atoms with Crippen LogP contribution in [-0.4, -0.2) is 32.8 Å². The maximum absolute atomic E-state index is 12.4. The number of carbonyl (C=O) groups excluding carboxylic acids is 1. The number of carboxylic acids is 1. The number of hydrogen-bond donors (Lipinski definition) is 2. The lowest BCUT2D eigenvalue weighted by molar-refractivity contribution is -0.139. The third-order valence-electron chi connectivity index (χ3n) is 3.52. The first-order chi connectivity index (χ1) is 11.3. The van der Waals surface area contributed by atoms with Crippen LogP contribution < -0.4 is 5.32 Å². The lowest BCUT2D eigenvalue weighted by Gasteiger charge is -2.15. The zero-order chi connectivity index (χ0) is 17.9. The van der Waals surface area contributed by atoms with E-state index in [2.05, 4.69) is 10.4 Å². The molecule has 1 amide bonds. The van der Waals surface area contributed by atoms with Gasteiger partial charge in [-0.15, -0.1) is 0 Å². The molecular weight excluding hydrogens is 330 g/mol. The highest BCUT2D eigenvalue weighted by Gasteiger charge is 2.24. The maximum atomic E-state index is 12.4. The van der Waals surface area contributed by atoms with Gasteiger partial charge in [0, 0.05) is 11.8 Å². The highest BCUT2D eigenvalue weighted by atomic mass is 35.5. The van der Waals surface area contributed by atoms with Crippen LogP contribution >= 0.6 is 11.6 Å². The molecule has 2 aromatic rings. The van der Waals surface area contributed by atoms with Crippen molar-refractivity contribution in [3.63, 3.8) is 0 Å². The second-order valence-electron chi connectivity index (χ2n) is 6.05. The Morgan fingerprint density at radius 3 is 2.58 bits per heavy atom. The molecule has 24 heavy (non-hydrogen) atoms. The molecular formula is C17H20ClN3O3. The minimum absolute atomic E-state index is 0.146. The minimum atomic E-state index is -1.06. The van der Waals surface area contributed by atoms with E-state index in [0.29, 0.717) is 22.7 Å². The van der Waals surface area contributed by atoms with Gasteiger partial charge in [-0.25, -0.2) is 9.48 Å². The Hall–Kier alpha value is -2.34. The molecule has 0 fully saturated rings. The van der Waals surface area contributed by atoms with E-state index in [1.54, 1.807) is 31.3 Å². The first-order valence-corrected chi connectivity index (χ1v) is 8.02. The SMILES string of the molecule is Cc1cn(-c2ccccc2Cl)nc1C(=O)NC(CC(C)C)C(=O)O. The Kier molecular flexibility index (Phi) is 5.62. The first-order valence-electron chi connectivity index (χ1n) is 7.64. The number of rotatable bonds is 6. The summed E-state index contributed by atoms with van der Waals surface area (Å²) in [5.41, 5.74) is 1.48. The summed E-state index contributed by atoms with van der Waals surface area (Å²) in [7, 11) is 0. The molecule has 7 heteroatoms. The van der Waals surface area contributed by atoms with Crippen LogP contribution in [0.1, 0.15) is 36.3 Å². The molecule has 0 radical (unpaired) electrons. The fourth-order valence-corrected chi connectivity index (χ4v) is 2.59. The van der Waals surface area contributed by atoms with Gasteiger partial charge in [0.25, 0.3) is 5.91 Å². The number of aliphatic carboxylic acids is 1. The van der Waals surface area contributed by atoms with Gasteiger partial charge < -0.3 is 10.4 Å². The zero-order valence-corrected chi connectivity index (χ0v) is 14.5. The Morgan fingerprint density at radius 2 is 2.00 bits per heavy atom. The summed E-state index contributed by atoms with van der Waals surface area (Å²) in [5, 5.41) is 16.6. The normalized spacial score (nSPS) is 12.2. The van der Waals surface area contributed by atoms with Crippen LogP contribution in [0.4, 0.5) is 0 Å². The summed E-state index contributed by atoms with van der Waals surface area (Å²) in [6, 6.07) is 6.20. The van der Waals surface area contributed by atoms with E-state index < -0.39 is 17.9 Å². The average molecular weight is 350 g/mol. The number of carboxylic acid groups (broad SMARTS) is 1. The third-order valence-corrected chi connectivity index (χ3v) is 3.84. The number of aryl methyl sites for hydroxylation is 1. The Balaban J connectivity index is 2.25. The van der Waals surface area contributed by atoms with E-state index in [9.17, 15) is 14.7 Å². The molecule has 0 bridgehead atoms. The van der Waals surface area contributed by atoms with Gasteiger partial charge in [0.2, 0.25) is 0 Å². The Bertz CT molecular complexity index is 755. The molecule has 0 spiro atoms.